The monoisotopic (exact) mass is 184 g/mol. The minimum Gasteiger partial charge on any atom is -0.298 e. The second kappa shape index (κ2) is 4.68. The van der Waals surface area contributed by atoms with Gasteiger partial charge in [-0.15, -0.1) is 0 Å². The summed E-state index contributed by atoms with van der Waals surface area (Å²) in [5.41, 5.74) is 0.883. The SMILES string of the molecule is O=Cc1ccc(C(OO)OO)cc1. The van der Waals surface area contributed by atoms with Gasteiger partial charge >= 0.3 is 0 Å². The van der Waals surface area contributed by atoms with Crippen LogP contribution in [-0.4, -0.2) is 16.8 Å². The van der Waals surface area contributed by atoms with Gasteiger partial charge in [-0.1, -0.05) is 24.3 Å². The van der Waals surface area contributed by atoms with Gasteiger partial charge in [-0.2, -0.15) is 9.78 Å². The molecule has 1 rings (SSSR count). The molecule has 5 nitrogen and oxygen atoms in total. The lowest BCUT2D eigenvalue weighted by Crippen LogP contribution is -2.04. The Hall–Kier alpha value is -1.27. The molecule has 0 heterocycles. The number of benzene rings is 1. The van der Waals surface area contributed by atoms with E-state index in [-0.39, 0.29) is 0 Å². The Labute approximate surface area is 74.0 Å². The van der Waals surface area contributed by atoms with Gasteiger partial charge in [0.1, 0.15) is 6.29 Å². The van der Waals surface area contributed by atoms with Crippen LogP contribution < -0.4 is 0 Å². The van der Waals surface area contributed by atoms with E-state index in [4.69, 9.17) is 10.5 Å². The van der Waals surface area contributed by atoms with Crippen LogP contribution in [0.4, 0.5) is 0 Å². The molecule has 1 aromatic carbocycles. The standard InChI is InChI=1S/C8H8O5/c9-5-6-1-3-7(4-2-6)8(12-10)13-11/h1-5,8,10-11H. The van der Waals surface area contributed by atoms with Gasteiger partial charge in [-0.3, -0.25) is 4.79 Å². The van der Waals surface area contributed by atoms with Crippen LogP contribution >= 0.6 is 0 Å². The molecule has 1 aromatic rings. The van der Waals surface area contributed by atoms with Crippen molar-refractivity contribution < 1.29 is 25.1 Å². The Morgan fingerprint density at radius 2 is 1.69 bits per heavy atom. The molecule has 5 heteroatoms. The summed E-state index contributed by atoms with van der Waals surface area (Å²) >= 11 is 0. The van der Waals surface area contributed by atoms with Crippen LogP contribution in [0.3, 0.4) is 0 Å². The Morgan fingerprint density at radius 3 is 2.08 bits per heavy atom. The van der Waals surface area contributed by atoms with E-state index in [1.165, 1.54) is 24.3 Å². The van der Waals surface area contributed by atoms with Crippen molar-refractivity contribution in [2.24, 2.45) is 0 Å². The summed E-state index contributed by atoms with van der Waals surface area (Å²) in [6.45, 7) is 0. The summed E-state index contributed by atoms with van der Waals surface area (Å²) < 4.78 is 0. The first-order valence-electron chi connectivity index (χ1n) is 3.47. The second-order valence-electron chi connectivity index (χ2n) is 2.33. The molecule has 0 amide bonds. The average Bonchev–Trinajstić information content (AvgIpc) is 2.21. The molecule has 0 atom stereocenters. The van der Waals surface area contributed by atoms with Crippen LogP contribution in [0, 0.1) is 0 Å². The molecule has 0 bridgehead atoms. The first-order valence-corrected chi connectivity index (χ1v) is 3.47. The fourth-order valence-electron chi connectivity index (χ4n) is 0.873. The van der Waals surface area contributed by atoms with Gasteiger partial charge in [0.15, 0.2) is 0 Å². The third-order valence-corrected chi connectivity index (χ3v) is 1.54. The highest BCUT2D eigenvalue weighted by Gasteiger charge is 2.11. The number of hydrogen-bond acceptors (Lipinski definition) is 5. The van der Waals surface area contributed by atoms with Crippen LogP contribution in [0.5, 0.6) is 0 Å². The third kappa shape index (κ3) is 2.33. The molecule has 0 aromatic heterocycles. The summed E-state index contributed by atoms with van der Waals surface area (Å²) in [7, 11) is 0. The lowest BCUT2D eigenvalue weighted by atomic mass is 10.1. The van der Waals surface area contributed by atoms with Crippen LogP contribution in [-0.2, 0) is 9.78 Å². The summed E-state index contributed by atoms with van der Waals surface area (Å²) in [4.78, 5) is 17.9. The third-order valence-electron chi connectivity index (χ3n) is 1.54. The Balaban J connectivity index is 2.83. The first kappa shape index (κ1) is 9.82. The quantitative estimate of drug-likeness (QED) is 0.321. The molecule has 70 valence electrons. The lowest BCUT2D eigenvalue weighted by molar-refractivity contribution is -0.437. The van der Waals surface area contributed by atoms with E-state index in [1.54, 1.807) is 0 Å². The van der Waals surface area contributed by atoms with Crippen molar-refractivity contribution in [3.63, 3.8) is 0 Å². The normalized spacial score (nSPS) is 10.4. The van der Waals surface area contributed by atoms with E-state index in [1.807, 2.05) is 0 Å². The van der Waals surface area contributed by atoms with Gasteiger partial charge in [0.25, 0.3) is 0 Å². The molecule has 13 heavy (non-hydrogen) atoms. The van der Waals surface area contributed by atoms with Crippen molar-refractivity contribution >= 4 is 6.29 Å². The summed E-state index contributed by atoms with van der Waals surface area (Å²) in [5, 5.41) is 16.5. The van der Waals surface area contributed by atoms with Crippen molar-refractivity contribution in [1.82, 2.24) is 0 Å². The summed E-state index contributed by atoms with van der Waals surface area (Å²) in [6.07, 6.45) is -0.570. The van der Waals surface area contributed by atoms with E-state index < -0.39 is 6.29 Å². The molecule has 0 saturated carbocycles. The fraction of sp³-hybridized carbons (Fsp3) is 0.125. The van der Waals surface area contributed by atoms with Gasteiger partial charge in [0.2, 0.25) is 6.29 Å². The molecule has 0 aliphatic rings. The predicted octanol–water partition coefficient (Wildman–Crippen LogP) is 1.48. The fourth-order valence-corrected chi connectivity index (χ4v) is 0.873. The maximum atomic E-state index is 10.3. The van der Waals surface area contributed by atoms with Gasteiger partial charge in [0.05, 0.1) is 0 Å². The van der Waals surface area contributed by atoms with Crippen molar-refractivity contribution in [2.75, 3.05) is 0 Å². The zero-order valence-corrected chi connectivity index (χ0v) is 6.58. The maximum Gasteiger partial charge on any atom is 0.248 e. The summed E-state index contributed by atoms with van der Waals surface area (Å²) in [5.74, 6) is 0. The smallest absolute Gasteiger partial charge is 0.248 e. The zero-order chi connectivity index (χ0) is 9.68. The number of hydrogen-bond donors (Lipinski definition) is 2. The number of carbonyl (C=O) groups is 1. The molecule has 0 aliphatic heterocycles. The zero-order valence-electron chi connectivity index (χ0n) is 6.58. The summed E-state index contributed by atoms with van der Waals surface area (Å²) in [6, 6.07) is 5.99. The maximum absolute atomic E-state index is 10.3. The number of aldehydes is 1. The molecule has 0 aliphatic carbocycles. The Bertz CT molecular complexity index is 264. The van der Waals surface area contributed by atoms with Crippen molar-refractivity contribution in [2.45, 2.75) is 6.29 Å². The van der Waals surface area contributed by atoms with Crippen molar-refractivity contribution in [3.8, 4) is 0 Å². The lowest BCUT2D eigenvalue weighted by Gasteiger charge is -2.08. The first-order chi connectivity index (χ1) is 6.31. The van der Waals surface area contributed by atoms with Gasteiger partial charge < -0.3 is 0 Å². The van der Waals surface area contributed by atoms with E-state index in [0.717, 1.165) is 0 Å². The van der Waals surface area contributed by atoms with Gasteiger partial charge in [0, 0.05) is 11.1 Å². The van der Waals surface area contributed by atoms with E-state index >= 15 is 0 Å². The van der Waals surface area contributed by atoms with Crippen LogP contribution in [0.25, 0.3) is 0 Å². The minimum atomic E-state index is -1.25. The highest BCUT2D eigenvalue weighted by Crippen LogP contribution is 2.16. The predicted molar refractivity (Wildman–Crippen MR) is 42.0 cm³/mol. The van der Waals surface area contributed by atoms with Crippen molar-refractivity contribution in [3.05, 3.63) is 35.4 Å². The average molecular weight is 184 g/mol. The van der Waals surface area contributed by atoms with Crippen molar-refractivity contribution in [1.29, 1.82) is 0 Å². The Kier molecular flexibility index (Phi) is 3.53. The van der Waals surface area contributed by atoms with E-state index in [2.05, 4.69) is 9.78 Å². The molecule has 2 N–H and O–H groups in total. The highest BCUT2D eigenvalue weighted by molar-refractivity contribution is 5.74. The minimum absolute atomic E-state index is 0.399. The molecule has 0 unspecified atom stereocenters. The number of carbonyl (C=O) groups excluding carboxylic acids is 1. The topological polar surface area (TPSA) is 76.0 Å². The number of rotatable bonds is 4. The van der Waals surface area contributed by atoms with Gasteiger partial charge in [-0.05, 0) is 0 Å². The molecule has 0 spiro atoms. The molecule has 0 fully saturated rings. The van der Waals surface area contributed by atoms with E-state index in [0.29, 0.717) is 17.4 Å². The van der Waals surface area contributed by atoms with Crippen LogP contribution in [0.1, 0.15) is 22.2 Å². The Morgan fingerprint density at radius 1 is 1.15 bits per heavy atom. The highest BCUT2D eigenvalue weighted by atomic mass is 17.2. The van der Waals surface area contributed by atoms with E-state index in [9.17, 15) is 4.79 Å². The van der Waals surface area contributed by atoms with Gasteiger partial charge in [-0.25, -0.2) is 10.5 Å². The molecule has 0 radical (unpaired) electrons. The molecular formula is C8H8O5. The molecule has 0 saturated heterocycles. The molecular weight excluding hydrogens is 176 g/mol. The van der Waals surface area contributed by atoms with Crippen LogP contribution in [0.2, 0.25) is 0 Å². The second-order valence-corrected chi connectivity index (χ2v) is 2.33. The largest absolute Gasteiger partial charge is 0.298 e. The van der Waals surface area contributed by atoms with Crippen LogP contribution in [0.15, 0.2) is 24.3 Å².